The number of carbonyl (C=O) groups excluding carboxylic acids is 1. The molecule has 3 N–H and O–H groups in total. The molecule has 84 valence electrons. The molecular weight excluding hydrogens is 210 g/mol. The number of nitrogens with two attached hydrogens (primary N) is 1. The van der Waals surface area contributed by atoms with Gasteiger partial charge in [0.1, 0.15) is 11.8 Å². The van der Waals surface area contributed by atoms with Crippen LogP contribution < -0.4 is 16.2 Å². The van der Waals surface area contributed by atoms with Crippen LogP contribution in [-0.2, 0) is 9.63 Å². The molecule has 1 aromatic rings. The van der Waals surface area contributed by atoms with E-state index in [0.29, 0.717) is 11.3 Å². The first-order chi connectivity index (χ1) is 7.77. The second-order valence-electron chi connectivity index (χ2n) is 2.80. The largest absolute Gasteiger partial charge is 0.492 e. The summed E-state index contributed by atoms with van der Waals surface area (Å²) in [5, 5.41) is 8.76. The van der Waals surface area contributed by atoms with Gasteiger partial charge in [0.25, 0.3) is 0 Å². The van der Waals surface area contributed by atoms with Gasteiger partial charge in [0.15, 0.2) is 0 Å². The van der Waals surface area contributed by atoms with Crippen molar-refractivity contribution in [1.29, 1.82) is 5.26 Å². The molecule has 0 amide bonds. The monoisotopic (exact) mass is 221 g/mol. The maximum atomic E-state index is 10.9. The molecule has 0 atom stereocenters. The number of hydrogen-bond donors (Lipinski definition) is 2. The Hall–Kier alpha value is -2.10. The summed E-state index contributed by atoms with van der Waals surface area (Å²) in [7, 11) is 0. The van der Waals surface area contributed by atoms with Gasteiger partial charge in [0, 0.05) is 0 Å². The van der Waals surface area contributed by atoms with E-state index in [9.17, 15) is 4.79 Å². The zero-order valence-corrected chi connectivity index (χ0v) is 8.47. The lowest BCUT2D eigenvalue weighted by atomic mass is 10.2. The minimum atomic E-state index is -0.531. The van der Waals surface area contributed by atoms with Gasteiger partial charge in [0.2, 0.25) is 0 Å². The molecule has 0 saturated carbocycles. The molecule has 1 aromatic carbocycles. The van der Waals surface area contributed by atoms with E-state index in [2.05, 4.69) is 4.84 Å². The van der Waals surface area contributed by atoms with E-state index in [4.69, 9.17) is 15.8 Å². The van der Waals surface area contributed by atoms with E-state index < -0.39 is 5.97 Å². The number of carbonyl (C=O) groups is 1. The second-order valence-corrected chi connectivity index (χ2v) is 2.80. The first-order valence-corrected chi connectivity index (χ1v) is 4.55. The fourth-order valence-electron chi connectivity index (χ4n) is 1.05. The average molecular weight is 221 g/mol. The van der Waals surface area contributed by atoms with Gasteiger partial charge in [-0.2, -0.15) is 5.26 Å². The van der Waals surface area contributed by atoms with Gasteiger partial charge in [-0.05, 0) is 12.1 Å². The molecule has 0 aliphatic rings. The number of nitrogens with one attached hydrogen (secondary N) is 1. The first-order valence-electron chi connectivity index (χ1n) is 4.55. The van der Waals surface area contributed by atoms with Gasteiger partial charge in [-0.25, -0.2) is 5.84 Å². The van der Waals surface area contributed by atoms with E-state index in [0.717, 1.165) is 0 Å². The van der Waals surface area contributed by atoms with Crippen LogP contribution in [0.5, 0.6) is 5.75 Å². The van der Waals surface area contributed by atoms with Crippen molar-refractivity contribution >= 4 is 5.97 Å². The van der Waals surface area contributed by atoms with Crippen LogP contribution >= 0.6 is 0 Å². The van der Waals surface area contributed by atoms with Crippen molar-refractivity contribution in [3.63, 3.8) is 0 Å². The van der Waals surface area contributed by atoms with E-state index in [1.165, 1.54) is 0 Å². The van der Waals surface area contributed by atoms with Crippen molar-refractivity contribution in [3.05, 3.63) is 29.8 Å². The highest BCUT2D eigenvalue weighted by atomic mass is 16.7. The summed E-state index contributed by atoms with van der Waals surface area (Å²) in [6.07, 6.45) is 0.0456. The standard InChI is InChI=1S/C10H11N3O3/c11-7-8-3-1-2-4-9(8)15-6-5-10(14)16-13-12/h1-4,13H,5-6,12H2. The van der Waals surface area contributed by atoms with Crippen molar-refractivity contribution in [2.75, 3.05) is 6.61 Å². The molecule has 0 unspecified atom stereocenters. The second kappa shape index (κ2) is 6.40. The summed E-state index contributed by atoms with van der Waals surface area (Å²) < 4.78 is 5.25. The number of rotatable bonds is 5. The number of ether oxygens (including phenoxy) is 1. The van der Waals surface area contributed by atoms with Crippen LogP contribution in [-0.4, -0.2) is 12.6 Å². The summed E-state index contributed by atoms with van der Waals surface area (Å²) in [5.41, 5.74) is 2.21. The van der Waals surface area contributed by atoms with Crippen molar-refractivity contribution in [2.24, 2.45) is 5.84 Å². The van der Waals surface area contributed by atoms with Gasteiger partial charge in [-0.3, -0.25) is 4.79 Å². The van der Waals surface area contributed by atoms with Crippen LogP contribution in [0.1, 0.15) is 12.0 Å². The minimum absolute atomic E-state index is 0.0456. The molecule has 0 aliphatic heterocycles. The lowest BCUT2D eigenvalue weighted by molar-refractivity contribution is -0.151. The highest BCUT2D eigenvalue weighted by Crippen LogP contribution is 2.16. The van der Waals surface area contributed by atoms with Crippen LogP contribution in [0.25, 0.3) is 0 Å². The maximum Gasteiger partial charge on any atom is 0.329 e. The molecule has 0 bridgehead atoms. The minimum Gasteiger partial charge on any atom is -0.492 e. The van der Waals surface area contributed by atoms with Crippen molar-refractivity contribution in [1.82, 2.24) is 5.59 Å². The van der Waals surface area contributed by atoms with Crippen molar-refractivity contribution in [2.45, 2.75) is 6.42 Å². The van der Waals surface area contributed by atoms with Crippen LogP contribution in [0.4, 0.5) is 0 Å². The number of nitrogens with zero attached hydrogens (tertiary/aromatic N) is 1. The normalized spacial score (nSPS) is 9.25. The Kier molecular flexibility index (Phi) is 4.79. The van der Waals surface area contributed by atoms with Crippen molar-refractivity contribution < 1.29 is 14.4 Å². The van der Waals surface area contributed by atoms with Gasteiger partial charge in [0.05, 0.1) is 18.6 Å². The lowest BCUT2D eigenvalue weighted by Crippen LogP contribution is -2.27. The van der Waals surface area contributed by atoms with Gasteiger partial charge >= 0.3 is 5.97 Å². The zero-order valence-electron chi connectivity index (χ0n) is 8.47. The van der Waals surface area contributed by atoms with Crippen molar-refractivity contribution in [3.8, 4) is 11.8 Å². The molecule has 0 radical (unpaired) electrons. The Morgan fingerprint density at radius 2 is 2.25 bits per heavy atom. The number of hydrazine groups is 1. The number of benzene rings is 1. The fourth-order valence-corrected chi connectivity index (χ4v) is 1.05. The lowest BCUT2D eigenvalue weighted by Gasteiger charge is -2.06. The third-order valence-electron chi connectivity index (χ3n) is 1.74. The molecule has 6 heteroatoms. The van der Waals surface area contributed by atoms with Crippen LogP contribution in [0, 0.1) is 11.3 Å². The summed E-state index contributed by atoms with van der Waals surface area (Å²) in [5.74, 6) is 4.69. The molecule has 6 nitrogen and oxygen atoms in total. The SMILES string of the molecule is N#Cc1ccccc1OCCC(=O)ONN. The predicted octanol–water partition coefficient (Wildman–Crippen LogP) is 0.249. The number of para-hydroxylation sites is 1. The Balaban J connectivity index is 2.43. The molecular formula is C10H11N3O3. The highest BCUT2D eigenvalue weighted by Gasteiger charge is 2.05. The Labute approximate surface area is 92.5 Å². The number of nitriles is 1. The van der Waals surface area contributed by atoms with Gasteiger partial charge < -0.3 is 9.57 Å². The predicted molar refractivity (Wildman–Crippen MR) is 54.7 cm³/mol. The molecule has 0 spiro atoms. The molecule has 0 aromatic heterocycles. The molecule has 0 fully saturated rings. The molecule has 1 rings (SSSR count). The zero-order chi connectivity index (χ0) is 11.8. The molecule has 0 saturated heterocycles. The summed E-state index contributed by atoms with van der Waals surface area (Å²) in [6, 6.07) is 8.76. The fraction of sp³-hybridized carbons (Fsp3) is 0.200. The van der Waals surface area contributed by atoms with E-state index in [-0.39, 0.29) is 13.0 Å². The molecule has 16 heavy (non-hydrogen) atoms. The van der Waals surface area contributed by atoms with Gasteiger partial charge in [-0.15, -0.1) is 0 Å². The first kappa shape index (κ1) is 12.0. The quantitative estimate of drug-likeness (QED) is 0.546. The van der Waals surface area contributed by atoms with E-state index >= 15 is 0 Å². The smallest absolute Gasteiger partial charge is 0.329 e. The molecule has 0 heterocycles. The summed E-state index contributed by atoms with van der Waals surface area (Å²) in [4.78, 5) is 15.2. The van der Waals surface area contributed by atoms with E-state index in [1.807, 2.05) is 6.07 Å². The molecule has 0 aliphatic carbocycles. The third-order valence-corrected chi connectivity index (χ3v) is 1.74. The topological polar surface area (TPSA) is 97.4 Å². The van der Waals surface area contributed by atoms with Crippen LogP contribution in [0.2, 0.25) is 0 Å². The summed E-state index contributed by atoms with van der Waals surface area (Å²) >= 11 is 0. The summed E-state index contributed by atoms with van der Waals surface area (Å²) in [6.45, 7) is 0.124. The third kappa shape index (κ3) is 3.57. The van der Waals surface area contributed by atoms with Crippen LogP contribution in [0.3, 0.4) is 0 Å². The maximum absolute atomic E-state index is 10.9. The van der Waals surface area contributed by atoms with E-state index in [1.54, 1.807) is 29.9 Å². The van der Waals surface area contributed by atoms with Gasteiger partial charge in [-0.1, -0.05) is 17.7 Å². The Morgan fingerprint density at radius 3 is 2.94 bits per heavy atom. The van der Waals surface area contributed by atoms with Crippen LogP contribution in [0.15, 0.2) is 24.3 Å². The average Bonchev–Trinajstić information content (AvgIpc) is 2.30. The Morgan fingerprint density at radius 1 is 1.50 bits per heavy atom. The highest BCUT2D eigenvalue weighted by molar-refractivity contribution is 5.69. The number of hydrogen-bond acceptors (Lipinski definition) is 6. The Bertz CT molecular complexity index is 401.